The normalized spacial score (nSPS) is 21.5. The maximum atomic E-state index is 12.8. The Kier molecular flexibility index (Phi) is 7.45. The number of aryl methyl sites for hydroxylation is 1. The first-order valence-electron chi connectivity index (χ1n) is 10.4. The van der Waals surface area contributed by atoms with Crippen molar-refractivity contribution in [3.8, 4) is 0 Å². The van der Waals surface area contributed by atoms with Gasteiger partial charge in [-0.3, -0.25) is 14.5 Å². The maximum absolute atomic E-state index is 12.8. The van der Waals surface area contributed by atoms with Crippen LogP contribution in [-0.2, 0) is 9.53 Å². The molecule has 0 aliphatic carbocycles. The van der Waals surface area contributed by atoms with Crippen LogP contribution in [0.1, 0.15) is 41.6 Å². The number of amides is 2. The molecular formula is C22H33N3O3. The maximum Gasteiger partial charge on any atom is 0.253 e. The van der Waals surface area contributed by atoms with Gasteiger partial charge in [-0.25, -0.2) is 0 Å². The summed E-state index contributed by atoms with van der Waals surface area (Å²) in [6.45, 7) is 6.60. The van der Waals surface area contributed by atoms with Crippen LogP contribution in [0.5, 0.6) is 0 Å². The number of benzene rings is 1. The van der Waals surface area contributed by atoms with Crippen molar-refractivity contribution in [1.82, 2.24) is 15.1 Å². The fourth-order valence-corrected chi connectivity index (χ4v) is 4.37. The average Bonchev–Trinajstić information content (AvgIpc) is 2.73. The molecule has 1 N–H and O–H groups in total. The predicted octanol–water partition coefficient (Wildman–Crippen LogP) is 2.07. The molecule has 2 saturated heterocycles. The number of piperidine rings is 2. The predicted molar refractivity (Wildman–Crippen MR) is 109 cm³/mol. The van der Waals surface area contributed by atoms with E-state index in [-0.39, 0.29) is 17.7 Å². The quantitative estimate of drug-likeness (QED) is 0.759. The lowest BCUT2D eigenvalue weighted by Crippen LogP contribution is -2.51. The second-order valence-corrected chi connectivity index (χ2v) is 8.01. The molecule has 1 aromatic rings. The number of rotatable bonds is 6. The fourth-order valence-electron chi connectivity index (χ4n) is 4.37. The van der Waals surface area contributed by atoms with Gasteiger partial charge in [0.1, 0.15) is 0 Å². The van der Waals surface area contributed by atoms with Gasteiger partial charge in [0.25, 0.3) is 5.91 Å². The standard InChI is InChI=1S/C22H33N3O3/c1-17-5-3-6-18(15-17)22(27)24-12-8-20(9-13-24)25-11-4-7-19(16-25)21(26)23-10-14-28-2/h3,5-6,15,19-20H,4,7-14,16H2,1-2H3,(H,23,26). The fraction of sp³-hybridized carbons (Fsp3) is 0.636. The molecule has 0 aromatic heterocycles. The average molecular weight is 388 g/mol. The van der Waals surface area contributed by atoms with E-state index < -0.39 is 0 Å². The van der Waals surface area contributed by atoms with Crippen LogP contribution in [0.25, 0.3) is 0 Å². The van der Waals surface area contributed by atoms with Gasteiger partial charge in [-0.2, -0.15) is 0 Å². The third-order valence-corrected chi connectivity index (χ3v) is 5.96. The van der Waals surface area contributed by atoms with Crippen LogP contribution in [0.2, 0.25) is 0 Å². The van der Waals surface area contributed by atoms with Crippen molar-refractivity contribution in [1.29, 1.82) is 0 Å². The van der Waals surface area contributed by atoms with E-state index >= 15 is 0 Å². The topological polar surface area (TPSA) is 61.9 Å². The summed E-state index contributed by atoms with van der Waals surface area (Å²) in [6, 6.07) is 8.29. The smallest absolute Gasteiger partial charge is 0.253 e. The number of ether oxygens (including phenoxy) is 1. The highest BCUT2D eigenvalue weighted by atomic mass is 16.5. The summed E-state index contributed by atoms with van der Waals surface area (Å²) < 4.78 is 5.01. The minimum Gasteiger partial charge on any atom is -0.383 e. The molecule has 0 bridgehead atoms. The minimum absolute atomic E-state index is 0.0672. The monoisotopic (exact) mass is 387 g/mol. The molecule has 0 radical (unpaired) electrons. The molecule has 1 atom stereocenters. The number of likely N-dealkylation sites (tertiary alicyclic amines) is 2. The lowest BCUT2D eigenvalue weighted by atomic mass is 9.93. The summed E-state index contributed by atoms with van der Waals surface area (Å²) in [7, 11) is 1.64. The molecule has 0 saturated carbocycles. The molecule has 28 heavy (non-hydrogen) atoms. The zero-order valence-corrected chi connectivity index (χ0v) is 17.2. The van der Waals surface area contributed by atoms with Gasteiger partial charge in [0, 0.05) is 44.9 Å². The van der Waals surface area contributed by atoms with E-state index in [0.717, 1.165) is 63.0 Å². The highest BCUT2D eigenvalue weighted by molar-refractivity contribution is 5.94. The summed E-state index contributed by atoms with van der Waals surface area (Å²) in [5, 5.41) is 2.98. The molecule has 2 fully saturated rings. The first-order chi connectivity index (χ1) is 13.6. The molecule has 1 unspecified atom stereocenters. The Bertz CT molecular complexity index is 671. The Balaban J connectivity index is 1.49. The molecule has 154 valence electrons. The van der Waals surface area contributed by atoms with Gasteiger partial charge in [-0.15, -0.1) is 0 Å². The largest absolute Gasteiger partial charge is 0.383 e. The van der Waals surface area contributed by atoms with Crippen molar-refractivity contribution in [3.05, 3.63) is 35.4 Å². The van der Waals surface area contributed by atoms with Gasteiger partial charge in [0.15, 0.2) is 0 Å². The highest BCUT2D eigenvalue weighted by Crippen LogP contribution is 2.25. The molecule has 1 aromatic carbocycles. The van der Waals surface area contributed by atoms with Crippen LogP contribution >= 0.6 is 0 Å². The summed E-state index contributed by atoms with van der Waals surface area (Å²) in [6.07, 6.45) is 3.98. The number of hydrogen-bond acceptors (Lipinski definition) is 4. The van der Waals surface area contributed by atoms with Crippen molar-refractivity contribution in [3.63, 3.8) is 0 Å². The number of carbonyl (C=O) groups is 2. The Morgan fingerprint density at radius 3 is 2.68 bits per heavy atom. The summed E-state index contributed by atoms with van der Waals surface area (Å²) >= 11 is 0. The molecule has 6 nitrogen and oxygen atoms in total. The second-order valence-electron chi connectivity index (χ2n) is 8.01. The molecule has 2 heterocycles. The Morgan fingerprint density at radius 2 is 1.96 bits per heavy atom. The molecule has 2 amide bonds. The first kappa shape index (κ1) is 20.8. The molecule has 6 heteroatoms. The van der Waals surface area contributed by atoms with E-state index in [1.54, 1.807) is 7.11 Å². The number of nitrogens with zero attached hydrogens (tertiary/aromatic N) is 2. The Labute approximate surface area is 168 Å². The van der Waals surface area contributed by atoms with Gasteiger partial charge >= 0.3 is 0 Å². The molecule has 2 aliphatic heterocycles. The zero-order chi connectivity index (χ0) is 19.9. The molecular weight excluding hydrogens is 354 g/mol. The van der Waals surface area contributed by atoms with Gasteiger partial charge in [-0.05, 0) is 51.3 Å². The summed E-state index contributed by atoms with van der Waals surface area (Å²) in [5.74, 6) is 0.350. The number of carbonyl (C=O) groups excluding carboxylic acids is 2. The van der Waals surface area contributed by atoms with E-state index in [0.29, 0.717) is 19.2 Å². The van der Waals surface area contributed by atoms with Gasteiger partial charge < -0.3 is 15.0 Å². The van der Waals surface area contributed by atoms with Gasteiger partial charge in [0.2, 0.25) is 5.91 Å². The van der Waals surface area contributed by atoms with Crippen LogP contribution in [-0.4, -0.2) is 74.1 Å². The minimum atomic E-state index is 0.0672. The summed E-state index contributed by atoms with van der Waals surface area (Å²) in [4.78, 5) is 29.6. The number of nitrogens with one attached hydrogen (secondary N) is 1. The zero-order valence-electron chi connectivity index (χ0n) is 17.2. The molecule has 3 rings (SSSR count). The second kappa shape index (κ2) is 10.0. The SMILES string of the molecule is COCCNC(=O)C1CCCN(C2CCN(C(=O)c3cccc(C)c3)CC2)C1. The Hall–Kier alpha value is -1.92. The van der Waals surface area contributed by atoms with E-state index in [2.05, 4.69) is 10.2 Å². The van der Waals surface area contributed by atoms with Crippen LogP contribution in [0.15, 0.2) is 24.3 Å². The van der Waals surface area contributed by atoms with Crippen molar-refractivity contribution < 1.29 is 14.3 Å². The van der Waals surface area contributed by atoms with Crippen molar-refractivity contribution in [2.75, 3.05) is 46.4 Å². The molecule has 2 aliphatic rings. The number of hydrogen-bond donors (Lipinski definition) is 1. The van der Waals surface area contributed by atoms with E-state index in [9.17, 15) is 9.59 Å². The first-order valence-corrected chi connectivity index (χ1v) is 10.4. The Morgan fingerprint density at radius 1 is 1.18 bits per heavy atom. The lowest BCUT2D eigenvalue weighted by molar-refractivity contribution is -0.127. The number of methoxy groups -OCH3 is 1. The van der Waals surface area contributed by atoms with Crippen molar-refractivity contribution in [2.24, 2.45) is 5.92 Å². The molecule has 0 spiro atoms. The highest BCUT2D eigenvalue weighted by Gasteiger charge is 2.32. The van der Waals surface area contributed by atoms with E-state index in [4.69, 9.17) is 4.74 Å². The third-order valence-electron chi connectivity index (χ3n) is 5.96. The third kappa shape index (κ3) is 5.32. The van der Waals surface area contributed by atoms with Crippen LogP contribution in [0, 0.1) is 12.8 Å². The van der Waals surface area contributed by atoms with Crippen LogP contribution in [0.4, 0.5) is 0 Å². The van der Waals surface area contributed by atoms with Crippen molar-refractivity contribution in [2.45, 2.75) is 38.6 Å². The van der Waals surface area contributed by atoms with Crippen molar-refractivity contribution >= 4 is 11.8 Å². The van der Waals surface area contributed by atoms with Gasteiger partial charge in [-0.1, -0.05) is 17.7 Å². The van der Waals surface area contributed by atoms with Gasteiger partial charge in [0.05, 0.1) is 12.5 Å². The summed E-state index contributed by atoms with van der Waals surface area (Å²) in [5.41, 5.74) is 1.90. The van der Waals surface area contributed by atoms with E-state index in [1.165, 1.54) is 0 Å². The van der Waals surface area contributed by atoms with E-state index in [1.807, 2.05) is 36.1 Å². The van der Waals surface area contributed by atoms with Crippen LogP contribution in [0.3, 0.4) is 0 Å². The lowest BCUT2D eigenvalue weighted by Gasteiger charge is -2.42. The van der Waals surface area contributed by atoms with Crippen LogP contribution < -0.4 is 5.32 Å².